The number of methoxy groups -OCH3 is 2. The van der Waals surface area contributed by atoms with Crippen molar-refractivity contribution in [3.8, 4) is 11.5 Å². The fourth-order valence-electron chi connectivity index (χ4n) is 1.32. The highest BCUT2D eigenvalue weighted by Gasteiger charge is 2.09. The third-order valence-electron chi connectivity index (χ3n) is 2.11. The Hall–Kier alpha value is -1.22. The second-order valence-electron chi connectivity index (χ2n) is 4.98. The summed E-state index contributed by atoms with van der Waals surface area (Å²) in [5, 5.41) is 0. The van der Waals surface area contributed by atoms with Gasteiger partial charge in [0.25, 0.3) is 14.1 Å². The van der Waals surface area contributed by atoms with Gasteiger partial charge in [0.2, 0.25) is 0 Å². The van der Waals surface area contributed by atoms with Gasteiger partial charge >= 0.3 is 0 Å². The van der Waals surface area contributed by atoms with Crippen LogP contribution in [0.2, 0.25) is 17.4 Å². The number of nitrogens with zero attached hydrogens (tertiary/aromatic N) is 1. The van der Waals surface area contributed by atoms with Crippen LogP contribution in [0, 0.1) is 0 Å². The van der Waals surface area contributed by atoms with Crippen molar-refractivity contribution in [3.05, 3.63) is 18.2 Å². The molecule has 0 saturated carbocycles. The predicted molar refractivity (Wildman–Crippen MR) is 90.7 cm³/mol. The summed E-state index contributed by atoms with van der Waals surface area (Å²) in [6, 6.07) is 5.43. The van der Waals surface area contributed by atoms with Crippen LogP contribution >= 0.6 is 0 Å². The second kappa shape index (κ2) is 11.4. The van der Waals surface area contributed by atoms with Crippen molar-refractivity contribution in [2.45, 2.75) is 24.3 Å². The van der Waals surface area contributed by atoms with Crippen LogP contribution in [-0.2, 0) is 4.74 Å². The smallest absolute Gasteiger partial charge is 0.251 e. The molecule has 5 nitrogen and oxygen atoms in total. The molecule has 1 rings (SSSR count). The lowest BCUT2D eigenvalue weighted by molar-refractivity contribution is 0.187. The van der Waals surface area contributed by atoms with Gasteiger partial charge in [-0.25, -0.2) is 4.99 Å². The zero-order chi connectivity index (χ0) is 16.3. The maximum absolute atomic E-state index is 5.75. The molecule has 0 unspecified atom stereocenters. The van der Waals surface area contributed by atoms with E-state index in [9.17, 15) is 0 Å². The van der Waals surface area contributed by atoms with Gasteiger partial charge in [0.05, 0.1) is 14.2 Å². The first-order valence-electron chi connectivity index (χ1n) is 7.07. The van der Waals surface area contributed by atoms with Gasteiger partial charge in [-0.15, -0.1) is 17.4 Å². The number of para-hydroxylation sites is 1. The maximum Gasteiger partial charge on any atom is 0.251 e. The van der Waals surface area contributed by atoms with Crippen LogP contribution in [0.15, 0.2) is 23.2 Å². The van der Waals surface area contributed by atoms with E-state index >= 15 is 0 Å². The largest absolute Gasteiger partial charge is 0.494 e. The van der Waals surface area contributed by atoms with Gasteiger partial charge in [-0.05, 0) is 19.1 Å². The van der Waals surface area contributed by atoms with E-state index in [1.807, 2.05) is 13.0 Å². The quantitative estimate of drug-likeness (QED) is 0.498. The monoisotopic (exact) mass is 310 g/mol. The minimum absolute atomic E-state index is 0.139. The van der Waals surface area contributed by atoms with Crippen LogP contribution in [0.4, 0.5) is 5.69 Å². The Balaban J connectivity index is 0.000000885. The van der Waals surface area contributed by atoms with Gasteiger partial charge < -0.3 is 19.9 Å². The standard InChI is InChI=1S/C12H18N2O3.3CH3.Al/c1-4-17-8-11(13)14-12-9(15-2)6-5-7-10(12)16-3;;;;/h5-7H,4,8H2,1-3H3,(H2,13,14);3*1H3;. The first-order valence-corrected chi connectivity index (χ1v) is 10.5. The van der Waals surface area contributed by atoms with E-state index in [1.165, 1.54) is 0 Å². The van der Waals surface area contributed by atoms with Crippen molar-refractivity contribution in [1.82, 2.24) is 0 Å². The molecular formula is C15H27AlN2O3. The molecule has 6 heteroatoms. The Morgan fingerprint density at radius 1 is 1.14 bits per heavy atom. The molecule has 2 N–H and O–H groups in total. The summed E-state index contributed by atoms with van der Waals surface area (Å²) in [5.41, 5.74) is 6.33. The maximum atomic E-state index is 5.75. The number of amidine groups is 1. The van der Waals surface area contributed by atoms with E-state index in [0.29, 0.717) is 29.6 Å². The van der Waals surface area contributed by atoms with Crippen LogP contribution in [0.25, 0.3) is 0 Å². The Morgan fingerprint density at radius 3 is 2.00 bits per heavy atom. The highest BCUT2D eigenvalue weighted by atomic mass is 27.2. The van der Waals surface area contributed by atoms with Crippen LogP contribution in [0.3, 0.4) is 0 Å². The molecule has 21 heavy (non-hydrogen) atoms. The lowest BCUT2D eigenvalue weighted by Crippen LogP contribution is -2.18. The Bertz CT molecular complexity index is 412. The Labute approximate surface area is 132 Å². The van der Waals surface area contributed by atoms with Crippen molar-refractivity contribution in [2.24, 2.45) is 10.7 Å². The van der Waals surface area contributed by atoms with E-state index in [2.05, 4.69) is 22.3 Å². The van der Waals surface area contributed by atoms with Crippen LogP contribution < -0.4 is 15.2 Å². The molecule has 0 heterocycles. The van der Waals surface area contributed by atoms with Gasteiger partial charge in [-0.2, -0.15) is 0 Å². The molecule has 0 spiro atoms. The second-order valence-corrected chi connectivity index (χ2v) is 8.45. The summed E-state index contributed by atoms with van der Waals surface area (Å²) in [7, 11) is 3.15. The van der Waals surface area contributed by atoms with Crippen molar-refractivity contribution in [2.75, 3.05) is 27.4 Å². The molecule has 0 bridgehead atoms. The SMILES string of the molecule is CCOCC(N)=Nc1c(OC)cccc1OC.[CH3][Al]([CH3])[CH3]. The Kier molecular flexibility index (Phi) is 10.8. The molecule has 0 fully saturated rings. The normalized spacial score (nSPS) is 10.5. The molecule has 0 aliphatic carbocycles. The van der Waals surface area contributed by atoms with Crippen LogP contribution in [0.1, 0.15) is 6.92 Å². The molecule has 118 valence electrons. The molecule has 1 aromatic rings. The highest BCUT2D eigenvalue weighted by molar-refractivity contribution is 6.54. The minimum atomic E-state index is -0.139. The first-order chi connectivity index (χ1) is 9.96. The highest BCUT2D eigenvalue weighted by Crippen LogP contribution is 2.36. The van der Waals surface area contributed by atoms with Crippen LogP contribution in [0.5, 0.6) is 11.5 Å². The van der Waals surface area contributed by atoms with E-state index in [0.717, 1.165) is 0 Å². The third kappa shape index (κ3) is 8.61. The van der Waals surface area contributed by atoms with Crippen molar-refractivity contribution < 1.29 is 14.2 Å². The lowest BCUT2D eigenvalue weighted by atomic mass is 10.2. The lowest BCUT2D eigenvalue weighted by Gasteiger charge is -2.10. The number of aliphatic imine (C=N–C) groups is 1. The first kappa shape index (κ1) is 19.8. The zero-order valence-corrected chi connectivity index (χ0v) is 15.1. The molecule has 0 amide bonds. The fourth-order valence-corrected chi connectivity index (χ4v) is 1.32. The third-order valence-corrected chi connectivity index (χ3v) is 2.11. The predicted octanol–water partition coefficient (Wildman–Crippen LogP) is 3.10. The van der Waals surface area contributed by atoms with Crippen molar-refractivity contribution in [1.29, 1.82) is 0 Å². The number of hydrogen-bond donors (Lipinski definition) is 1. The molecule has 0 aromatic heterocycles. The summed E-state index contributed by atoms with van der Waals surface area (Å²) < 4.78 is 15.6. The molecule has 0 aliphatic rings. The summed E-state index contributed by atoms with van der Waals surface area (Å²) in [4.78, 5) is 4.26. The van der Waals surface area contributed by atoms with Gasteiger partial charge in [0, 0.05) is 6.61 Å². The number of nitrogens with two attached hydrogens (primary N) is 1. The van der Waals surface area contributed by atoms with Gasteiger partial charge in [-0.3, -0.25) is 0 Å². The van der Waals surface area contributed by atoms with Gasteiger partial charge in [0.15, 0.2) is 0 Å². The average Bonchev–Trinajstić information content (AvgIpc) is 2.44. The van der Waals surface area contributed by atoms with E-state index in [1.54, 1.807) is 26.4 Å². The minimum Gasteiger partial charge on any atom is -0.494 e. The number of rotatable bonds is 6. The number of benzene rings is 1. The van der Waals surface area contributed by atoms with E-state index in [4.69, 9.17) is 19.9 Å². The summed E-state index contributed by atoms with van der Waals surface area (Å²) in [6.45, 7) is 2.79. The fraction of sp³-hybridized carbons (Fsp3) is 0.533. The molecule has 0 saturated heterocycles. The number of ether oxygens (including phenoxy) is 3. The summed E-state index contributed by atoms with van der Waals surface area (Å²) in [5.74, 6) is 8.53. The molecule has 0 radical (unpaired) electrons. The molecular weight excluding hydrogens is 283 g/mol. The number of hydrogen-bond acceptors (Lipinski definition) is 4. The summed E-state index contributed by atoms with van der Waals surface area (Å²) >= 11 is -0.139. The average molecular weight is 310 g/mol. The van der Waals surface area contributed by atoms with Crippen molar-refractivity contribution in [3.63, 3.8) is 0 Å². The molecule has 0 atom stereocenters. The van der Waals surface area contributed by atoms with Crippen molar-refractivity contribution >= 4 is 25.7 Å². The summed E-state index contributed by atoms with van der Waals surface area (Å²) in [6.07, 6.45) is 0. The molecule has 0 aliphatic heterocycles. The molecule has 1 aromatic carbocycles. The topological polar surface area (TPSA) is 66.1 Å². The van der Waals surface area contributed by atoms with E-state index in [-0.39, 0.29) is 20.8 Å². The Morgan fingerprint density at radius 2 is 1.62 bits per heavy atom. The van der Waals surface area contributed by atoms with Gasteiger partial charge in [-0.1, -0.05) is 6.07 Å². The van der Waals surface area contributed by atoms with Gasteiger partial charge in [0.1, 0.15) is 29.6 Å². The van der Waals surface area contributed by atoms with E-state index < -0.39 is 0 Å². The zero-order valence-electron chi connectivity index (χ0n) is 14.0. The van der Waals surface area contributed by atoms with Crippen LogP contribution in [-0.4, -0.2) is 47.4 Å².